The molecule has 0 atom stereocenters. The summed E-state index contributed by atoms with van der Waals surface area (Å²) in [6.45, 7) is 4.48. The molecular formula is C12H18N2. The fraction of sp³-hybridized carbons (Fsp3) is 0.750. The van der Waals surface area contributed by atoms with Gasteiger partial charge in [-0.05, 0) is 26.7 Å². The lowest BCUT2D eigenvalue weighted by molar-refractivity contribution is 0.131. The summed E-state index contributed by atoms with van der Waals surface area (Å²) in [7, 11) is 0. The molecule has 0 amide bonds. The third kappa shape index (κ3) is 2.28. The highest BCUT2D eigenvalue weighted by Gasteiger charge is 2.32. The molecule has 1 fully saturated rings. The quantitative estimate of drug-likeness (QED) is 0.503. The summed E-state index contributed by atoms with van der Waals surface area (Å²) >= 11 is 0. The average molecular weight is 190 g/mol. The molecule has 0 aliphatic heterocycles. The van der Waals surface area contributed by atoms with Gasteiger partial charge in [0.1, 0.15) is 0 Å². The van der Waals surface area contributed by atoms with E-state index in [0.29, 0.717) is 12.6 Å². The Morgan fingerprint density at radius 1 is 1.43 bits per heavy atom. The minimum atomic E-state index is -0.287. The van der Waals surface area contributed by atoms with Crippen molar-refractivity contribution in [2.24, 2.45) is 0 Å². The molecule has 0 aromatic heterocycles. The zero-order valence-electron chi connectivity index (χ0n) is 9.08. The van der Waals surface area contributed by atoms with Crippen molar-refractivity contribution < 1.29 is 0 Å². The summed E-state index contributed by atoms with van der Waals surface area (Å²) < 4.78 is 0. The van der Waals surface area contributed by atoms with Gasteiger partial charge >= 0.3 is 0 Å². The summed E-state index contributed by atoms with van der Waals surface area (Å²) in [5, 5.41) is 8.80. The van der Waals surface area contributed by atoms with Crippen molar-refractivity contribution in [1.82, 2.24) is 4.90 Å². The van der Waals surface area contributed by atoms with E-state index in [1.807, 2.05) is 13.8 Å². The third-order valence-electron chi connectivity index (χ3n) is 3.08. The number of hydrogen-bond donors (Lipinski definition) is 0. The molecule has 0 N–H and O–H groups in total. The van der Waals surface area contributed by atoms with Gasteiger partial charge in [0.15, 0.2) is 0 Å². The van der Waals surface area contributed by atoms with Crippen LogP contribution < -0.4 is 0 Å². The van der Waals surface area contributed by atoms with Gasteiger partial charge in [0, 0.05) is 6.04 Å². The van der Waals surface area contributed by atoms with E-state index in [1.54, 1.807) is 0 Å². The Kier molecular flexibility index (Phi) is 3.55. The normalized spacial score (nSPS) is 18.1. The molecule has 0 spiro atoms. The van der Waals surface area contributed by atoms with Gasteiger partial charge in [0.25, 0.3) is 0 Å². The molecule has 0 unspecified atom stereocenters. The van der Waals surface area contributed by atoms with Crippen LogP contribution in [0.25, 0.3) is 0 Å². The monoisotopic (exact) mass is 190 g/mol. The van der Waals surface area contributed by atoms with Crippen LogP contribution in [-0.4, -0.2) is 23.0 Å². The van der Waals surface area contributed by atoms with Gasteiger partial charge in [0.05, 0.1) is 18.2 Å². The fourth-order valence-electron chi connectivity index (χ4n) is 2.16. The molecule has 1 saturated carbocycles. The largest absolute Gasteiger partial charge is 0.272 e. The highest BCUT2D eigenvalue weighted by atomic mass is 15.2. The Balaban J connectivity index is 2.74. The van der Waals surface area contributed by atoms with Crippen LogP contribution in [0.5, 0.6) is 0 Å². The zero-order chi connectivity index (χ0) is 10.6. The van der Waals surface area contributed by atoms with E-state index in [-0.39, 0.29) is 5.54 Å². The van der Waals surface area contributed by atoms with Crippen molar-refractivity contribution >= 4 is 0 Å². The number of rotatable bonds is 3. The summed E-state index contributed by atoms with van der Waals surface area (Å²) in [5.41, 5.74) is -0.287. The van der Waals surface area contributed by atoms with Crippen LogP contribution >= 0.6 is 0 Å². The summed E-state index contributed by atoms with van der Waals surface area (Å²) in [4.78, 5) is 2.17. The number of hydrogen-bond acceptors (Lipinski definition) is 2. The average Bonchev–Trinajstić information content (AvgIpc) is 2.66. The summed E-state index contributed by atoms with van der Waals surface area (Å²) in [5.74, 6) is 2.78. The van der Waals surface area contributed by atoms with E-state index < -0.39 is 0 Å². The molecule has 0 heterocycles. The van der Waals surface area contributed by atoms with E-state index in [0.717, 1.165) is 0 Å². The lowest BCUT2D eigenvalue weighted by Gasteiger charge is -2.37. The van der Waals surface area contributed by atoms with Crippen LogP contribution in [0, 0.1) is 23.7 Å². The van der Waals surface area contributed by atoms with Crippen LogP contribution in [0.1, 0.15) is 39.5 Å². The van der Waals surface area contributed by atoms with Crippen LogP contribution in [0.15, 0.2) is 0 Å². The second-order valence-electron chi connectivity index (χ2n) is 4.43. The molecular weight excluding hydrogens is 172 g/mol. The Bertz CT molecular complexity index is 261. The molecule has 0 saturated heterocycles. The molecule has 2 nitrogen and oxygen atoms in total. The van der Waals surface area contributed by atoms with Crippen LogP contribution in [0.3, 0.4) is 0 Å². The number of terminal acetylenes is 1. The van der Waals surface area contributed by atoms with Crippen molar-refractivity contribution in [3.8, 4) is 18.4 Å². The lowest BCUT2D eigenvalue weighted by Crippen LogP contribution is -2.48. The lowest BCUT2D eigenvalue weighted by atomic mass is 10.0. The Hall–Kier alpha value is -0.990. The second-order valence-corrected chi connectivity index (χ2v) is 4.43. The van der Waals surface area contributed by atoms with Crippen molar-refractivity contribution in [3.05, 3.63) is 0 Å². The van der Waals surface area contributed by atoms with Crippen LogP contribution in [0.2, 0.25) is 0 Å². The molecule has 2 heteroatoms. The van der Waals surface area contributed by atoms with Gasteiger partial charge in [-0.15, -0.1) is 6.42 Å². The second kappa shape index (κ2) is 4.49. The van der Waals surface area contributed by atoms with Gasteiger partial charge in [-0.3, -0.25) is 4.90 Å². The smallest absolute Gasteiger partial charge is 0.0880 e. The van der Waals surface area contributed by atoms with E-state index in [9.17, 15) is 0 Å². The van der Waals surface area contributed by atoms with Crippen molar-refractivity contribution in [2.75, 3.05) is 6.54 Å². The zero-order valence-corrected chi connectivity index (χ0v) is 9.08. The standard InChI is InChI=1S/C12H18N2/c1-4-12(2,3)14(10-9-13)11-7-5-6-8-11/h1,11H,5-8,10H2,2-3H3. The van der Waals surface area contributed by atoms with E-state index in [4.69, 9.17) is 11.7 Å². The molecule has 76 valence electrons. The van der Waals surface area contributed by atoms with Gasteiger partial charge in [0.2, 0.25) is 0 Å². The Labute approximate surface area is 86.9 Å². The van der Waals surface area contributed by atoms with Crippen LogP contribution in [-0.2, 0) is 0 Å². The topological polar surface area (TPSA) is 27.0 Å². The van der Waals surface area contributed by atoms with Gasteiger partial charge in [-0.25, -0.2) is 0 Å². The third-order valence-corrected chi connectivity index (χ3v) is 3.08. The molecule has 1 rings (SSSR count). The highest BCUT2D eigenvalue weighted by molar-refractivity contribution is 5.11. The van der Waals surface area contributed by atoms with Crippen molar-refractivity contribution in [1.29, 1.82) is 5.26 Å². The molecule has 1 aliphatic carbocycles. The van der Waals surface area contributed by atoms with E-state index >= 15 is 0 Å². The Morgan fingerprint density at radius 2 is 2.00 bits per heavy atom. The minimum absolute atomic E-state index is 0.287. The molecule has 1 aliphatic rings. The maximum atomic E-state index is 8.80. The van der Waals surface area contributed by atoms with Gasteiger partial charge in [-0.2, -0.15) is 5.26 Å². The SMILES string of the molecule is C#CC(C)(C)N(CC#N)C1CCCC1. The molecule has 0 bridgehead atoms. The predicted octanol–water partition coefficient (Wildman–Crippen LogP) is 2.17. The maximum Gasteiger partial charge on any atom is 0.0880 e. The number of nitrogens with zero attached hydrogens (tertiary/aromatic N) is 2. The first-order valence-corrected chi connectivity index (χ1v) is 5.23. The van der Waals surface area contributed by atoms with Crippen molar-refractivity contribution in [3.63, 3.8) is 0 Å². The highest BCUT2D eigenvalue weighted by Crippen LogP contribution is 2.28. The Morgan fingerprint density at radius 3 is 2.43 bits per heavy atom. The first-order valence-electron chi connectivity index (χ1n) is 5.23. The van der Waals surface area contributed by atoms with E-state index in [2.05, 4.69) is 16.9 Å². The van der Waals surface area contributed by atoms with Crippen LogP contribution in [0.4, 0.5) is 0 Å². The number of nitriles is 1. The van der Waals surface area contributed by atoms with Gasteiger partial charge in [-0.1, -0.05) is 18.8 Å². The molecule has 0 aromatic rings. The minimum Gasteiger partial charge on any atom is -0.272 e. The van der Waals surface area contributed by atoms with Crippen molar-refractivity contribution in [2.45, 2.75) is 51.1 Å². The fourth-order valence-corrected chi connectivity index (χ4v) is 2.16. The van der Waals surface area contributed by atoms with Gasteiger partial charge < -0.3 is 0 Å². The summed E-state index contributed by atoms with van der Waals surface area (Å²) in [6, 6.07) is 2.73. The molecule has 14 heavy (non-hydrogen) atoms. The summed E-state index contributed by atoms with van der Waals surface area (Å²) in [6.07, 6.45) is 10.4. The first kappa shape index (κ1) is 11.1. The maximum absolute atomic E-state index is 8.80. The molecule has 0 radical (unpaired) electrons. The molecule has 0 aromatic carbocycles. The first-order chi connectivity index (χ1) is 6.61. The van der Waals surface area contributed by atoms with E-state index in [1.165, 1.54) is 25.7 Å². The predicted molar refractivity (Wildman–Crippen MR) is 57.5 cm³/mol.